The number of anilines is 1. The molecule has 1 atom stereocenters. The maximum Gasteiger partial charge on any atom is 0.225 e. The predicted octanol–water partition coefficient (Wildman–Crippen LogP) is 1.75. The first-order chi connectivity index (χ1) is 7.91. The molecule has 17 heavy (non-hydrogen) atoms. The molecule has 1 unspecified atom stereocenters. The number of nitrogens with one attached hydrogen (secondary N) is 1. The highest BCUT2D eigenvalue weighted by molar-refractivity contribution is 5.94. The van der Waals surface area contributed by atoms with Crippen molar-refractivity contribution in [2.75, 3.05) is 5.32 Å². The highest BCUT2D eigenvalue weighted by Crippen LogP contribution is 2.18. The van der Waals surface area contributed by atoms with Gasteiger partial charge >= 0.3 is 0 Å². The second-order valence-corrected chi connectivity index (χ2v) is 4.30. The molecule has 0 spiro atoms. The van der Waals surface area contributed by atoms with E-state index in [9.17, 15) is 9.59 Å². The lowest BCUT2D eigenvalue weighted by molar-refractivity contribution is -0.125. The van der Waals surface area contributed by atoms with Crippen molar-refractivity contribution in [1.82, 2.24) is 0 Å². The van der Waals surface area contributed by atoms with Gasteiger partial charge < -0.3 is 11.1 Å². The number of carbonyl (C=O) groups excluding carboxylic acids is 2. The van der Waals surface area contributed by atoms with E-state index in [4.69, 9.17) is 5.73 Å². The summed E-state index contributed by atoms with van der Waals surface area (Å²) in [7, 11) is 0. The third-order valence-corrected chi connectivity index (χ3v) is 2.86. The third kappa shape index (κ3) is 3.59. The second kappa shape index (κ2) is 5.48. The van der Waals surface area contributed by atoms with Crippen LogP contribution in [0.3, 0.4) is 0 Å². The zero-order valence-corrected chi connectivity index (χ0v) is 10.4. The fourth-order valence-electron chi connectivity index (χ4n) is 1.47. The Morgan fingerprint density at radius 2 is 2.00 bits per heavy atom. The van der Waals surface area contributed by atoms with E-state index in [0.717, 1.165) is 16.8 Å². The molecule has 0 saturated heterocycles. The molecule has 0 aromatic heterocycles. The Bertz CT molecular complexity index is 441. The Balaban J connectivity index is 2.69. The first-order valence-corrected chi connectivity index (χ1v) is 5.57. The van der Waals surface area contributed by atoms with Gasteiger partial charge in [0.2, 0.25) is 11.8 Å². The zero-order chi connectivity index (χ0) is 13.0. The minimum Gasteiger partial charge on any atom is -0.369 e. The normalized spacial score (nSPS) is 11.9. The van der Waals surface area contributed by atoms with E-state index in [1.807, 2.05) is 32.0 Å². The van der Waals surface area contributed by atoms with Gasteiger partial charge in [-0.3, -0.25) is 9.59 Å². The van der Waals surface area contributed by atoms with Crippen molar-refractivity contribution in [2.45, 2.75) is 27.2 Å². The number of rotatable bonds is 4. The molecule has 0 saturated carbocycles. The van der Waals surface area contributed by atoms with Gasteiger partial charge in [-0.05, 0) is 31.0 Å². The van der Waals surface area contributed by atoms with E-state index in [-0.39, 0.29) is 12.3 Å². The number of amides is 2. The third-order valence-electron chi connectivity index (χ3n) is 2.86. The maximum absolute atomic E-state index is 11.7. The standard InChI is InChI=1S/C13H18N2O2/c1-8-5-4-6-11(10(8)3)15-12(16)7-9(2)13(14)17/h4-6,9H,7H2,1-3H3,(H2,14,17)(H,15,16). The first kappa shape index (κ1) is 13.2. The SMILES string of the molecule is Cc1cccc(NC(=O)CC(C)C(N)=O)c1C. The minimum atomic E-state index is -0.457. The summed E-state index contributed by atoms with van der Waals surface area (Å²) >= 11 is 0. The van der Waals surface area contributed by atoms with Crippen LogP contribution in [-0.2, 0) is 9.59 Å². The lowest BCUT2D eigenvalue weighted by Gasteiger charge is -2.11. The number of aryl methyl sites for hydroxylation is 1. The van der Waals surface area contributed by atoms with E-state index in [1.165, 1.54) is 0 Å². The number of hydrogen-bond donors (Lipinski definition) is 2. The number of benzene rings is 1. The van der Waals surface area contributed by atoms with Crippen LogP contribution < -0.4 is 11.1 Å². The lowest BCUT2D eigenvalue weighted by Crippen LogP contribution is -2.25. The molecule has 92 valence electrons. The lowest BCUT2D eigenvalue weighted by atomic mass is 10.1. The highest BCUT2D eigenvalue weighted by Gasteiger charge is 2.14. The topological polar surface area (TPSA) is 72.2 Å². The highest BCUT2D eigenvalue weighted by atomic mass is 16.2. The molecule has 0 bridgehead atoms. The molecule has 0 heterocycles. The smallest absolute Gasteiger partial charge is 0.225 e. The molecule has 1 aromatic rings. The van der Waals surface area contributed by atoms with Gasteiger partial charge in [0, 0.05) is 18.0 Å². The van der Waals surface area contributed by atoms with E-state index in [1.54, 1.807) is 6.92 Å². The van der Waals surface area contributed by atoms with E-state index in [0.29, 0.717) is 0 Å². The van der Waals surface area contributed by atoms with Crippen LogP contribution in [0, 0.1) is 19.8 Å². The summed E-state index contributed by atoms with van der Waals surface area (Å²) in [6, 6.07) is 5.71. The van der Waals surface area contributed by atoms with E-state index in [2.05, 4.69) is 5.32 Å². The van der Waals surface area contributed by atoms with Crippen LogP contribution in [0.15, 0.2) is 18.2 Å². The average Bonchev–Trinajstić information content (AvgIpc) is 2.24. The molecule has 0 aliphatic carbocycles. The Morgan fingerprint density at radius 3 is 2.59 bits per heavy atom. The number of primary amides is 1. The average molecular weight is 234 g/mol. The zero-order valence-electron chi connectivity index (χ0n) is 10.4. The molecule has 0 radical (unpaired) electrons. The van der Waals surface area contributed by atoms with Crippen LogP contribution in [0.1, 0.15) is 24.5 Å². The van der Waals surface area contributed by atoms with Crippen molar-refractivity contribution in [3.63, 3.8) is 0 Å². The Labute approximate surface area is 101 Å². The summed E-state index contributed by atoms with van der Waals surface area (Å²) in [4.78, 5) is 22.5. The first-order valence-electron chi connectivity index (χ1n) is 5.57. The fourth-order valence-corrected chi connectivity index (χ4v) is 1.47. The minimum absolute atomic E-state index is 0.114. The monoisotopic (exact) mass is 234 g/mol. The van der Waals surface area contributed by atoms with Gasteiger partial charge in [0.1, 0.15) is 0 Å². The molecule has 0 aliphatic rings. The molecule has 1 aromatic carbocycles. The molecule has 0 aliphatic heterocycles. The van der Waals surface area contributed by atoms with Gasteiger partial charge in [-0.15, -0.1) is 0 Å². The summed E-state index contributed by atoms with van der Waals surface area (Å²) in [5.74, 6) is -1.09. The summed E-state index contributed by atoms with van der Waals surface area (Å²) in [5, 5.41) is 2.79. The summed E-state index contributed by atoms with van der Waals surface area (Å²) in [5.41, 5.74) is 8.05. The summed E-state index contributed by atoms with van der Waals surface area (Å²) < 4.78 is 0. The molecule has 2 amide bonds. The van der Waals surface area contributed by atoms with Gasteiger partial charge in [-0.1, -0.05) is 19.1 Å². The fraction of sp³-hybridized carbons (Fsp3) is 0.385. The van der Waals surface area contributed by atoms with Crippen LogP contribution in [0.5, 0.6) is 0 Å². The van der Waals surface area contributed by atoms with Crippen LogP contribution in [0.4, 0.5) is 5.69 Å². The van der Waals surface area contributed by atoms with Crippen molar-refractivity contribution < 1.29 is 9.59 Å². The van der Waals surface area contributed by atoms with Crippen LogP contribution in [-0.4, -0.2) is 11.8 Å². The van der Waals surface area contributed by atoms with Gasteiger partial charge in [0.05, 0.1) is 0 Å². The van der Waals surface area contributed by atoms with Crippen LogP contribution in [0.25, 0.3) is 0 Å². The Kier molecular flexibility index (Phi) is 4.26. The Morgan fingerprint density at radius 1 is 1.35 bits per heavy atom. The maximum atomic E-state index is 11.7. The van der Waals surface area contributed by atoms with Gasteiger partial charge in [0.15, 0.2) is 0 Å². The number of hydrogen-bond acceptors (Lipinski definition) is 2. The number of nitrogens with two attached hydrogens (primary N) is 1. The van der Waals surface area contributed by atoms with Gasteiger partial charge in [0.25, 0.3) is 0 Å². The van der Waals surface area contributed by atoms with E-state index < -0.39 is 11.8 Å². The summed E-state index contributed by atoms with van der Waals surface area (Å²) in [6.07, 6.45) is 0.114. The summed E-state index contributed by atoms with van der Waals surface area (Å²) in [6.45, 7) is 5.57. The number of carbonyl (C=O) groups is 2. The molecule has 3 N–H and O–H groups in total. The largest absolute Gasteiger partial charge is 0.369 e. The van der Waals surface area contributed by atoms with Crippen molar-refractivity contribution in [3.05, 3.63) is 29.3 Å². The Hall–Kier alpha value is -1.84. The predicted molar refractivity (Wildman–Crippen MR) is 67.5 cm³/mol. The van der Waals surface area contributed by atoms with Gasteiger partial charge in [-0.25, -0.2) is 0 Å². The quantitative estimate of drug-likeness (QED) is 0.833. The molecule has 4 nitrogen and oxygen atoms in total. The van der Waals surface area contributed by atoms with Crippen LogP contribution in [0.2, 0.25) is 0 Å². The molecule has 0 fully saturated rings. The molecular formula is C13H18N2O2. The van der Waals surface area contributed by atoms with Crippen LogP contribution >= 0.6 is 0 Å². The molecular weight excluding hydrogens is 216 g/mol. The van der Waals surface area contributed by atoms with Crippen molar-refractivity contribution >= 4 is 17.5 Å². The molecule has 1 rings (SSSR count). The van der Waals surface area contributed by atoms with Crippen molar-refractivity contribution in [2.24, 2.45) is 11.7 Å². The van der Waals surface area contributed by atoms with Gasteiger partial charge in [-0.2, -0.15) is 0 Å². The van der Waals surface area contributed by atoms with Crippen molar-refractivity contribution in [3.8, 4) is 0 Å². The molecule has 4 heteroatoms. The van der Waals surface area contributed by atoms with E-state index >= 15 is 0 Å². The second-order valence-electron chi connectivity index (χ2n) is 4.30. The van der Waals surface area contributed by atoms with Crippen molar-refractivity contribution in [1.29, 1.82) is 0 Å².